The second-order valence-corrected chi connectivity index (χ2v) is 6.81. The molecule has 0 heterocycles. The van der Waals surface area contributed by atoms with Crippen LogP contribution in [-0.2, 0) is 16.6 Å². The van der Waals surface area contributed by atoms with E-state index in [0.29, 0.717) is 29.4 Å². The zero-order chi connectivity index (χ0) is 18.4. The number of hydrogen-bond acceptors (Lipinski definition) is 5. The standard InChI is InChI=1S/C17H20FNO5S/c1-4-24-17-15(22-2)9-12(10-16(17)23-3)11-19-25(20,21)14-7-5-13(18)6-8-14/h5-10,19H,4,11H2,1-3H3. The smallest absolute Gasteiger partial charge is 0.240 e. The number of nitrogens with one attached hydrogen (secondary N) is 1. The van der Waals surface area contributed by atoms with Crippen LogP contribution in [0.5, 0.6) is 17.2 Å². The van der Waals surface area contributed by atoms with E-state index in [1.54, 1.807) is 12.1 Å². The molecule has 0 atom stereocenters. The number of hydrogen-bond donors (Lipinski definition) is 1. The van der Waals surface area contributed by atoms with Gasteiger partial charge in [0.05, 0.1) is 25.7 Å². The van der Waals surface area contributed by atoms with Gasteiger partial charge in [-0.15, -0.1) is 0 Å². The van der Waals surface area contributed by atoms with Crippen molar-refractivity contribution in [3.63, 3.8) is 0 Å². The monoisotopic (exact) mass is 369 g/mol. The van der Waals surface area contributed by atoms with Gasteiger partial charge in [-0.2, -0.15) is 0 Å². The minimum absolute atomic E-state index is 0.0127. The zero-order valence-electron chi connectivity index (χ0n) is 14.2. The first-order valence-electron chi connectivity index (χ1n) is 7.54. The van der Waals surface area contributed by atoms with Crippen molar-refractivity contribution < 1.29 is 27.0 Å². The van der Waals surface area contributed by atoms with Gasteiger partial charge in [-0.05, 0) is 48.9 Å². The molecule has 0 radical (unpaired) electrons. The van der Waals surface area contributed by atoms with Crippen LogP contribution in [0.4, 0.5) is 4.39 Å². The molecular weight excluding hydrogens is 349 g/mol. The highest BCUT2D eigenvalue weighted by molar-refractivity contribution is 7.89. The lowest BCUT2D eigenvalue weighted by Crippen LogP contribution is -2.23. The fraction of sp³-hybridized carbons (Fsp3) is 0.294. The highest BCUT2D eigenvalue weighted by atomic mass is 32.2. The Morgan fingerprint density at radius 3 is 2.08 bits per heavy atom. The van der Waals surface area contributed by atoms with E-state index in [1.807, 2.05) is 6.92 Å². The maximum atomic E-state index is 12.9. The molecule has 25 heavy (non-hydrogen) atoms. The minimum atomic E-state index is -3.76. The molecule has 0 spiro atoms. The summed E-state index contributed by atoms with van der Waals surface area (Å²) in [6.45, 7) is 2.28. The second kappa shape index (κ2) is 8.17. The first-order valence-corrected chi connectivity index (χ1v) is 9.02. The normalized spacial score (nSPS) is 11.2. The molecule has 0 fully saturated rings. The maximum absolute atomic E-state index is 12.9. The molecule has 136 valence electrons. The van der Waals surface area contributed by atoms with Crippen molar-refractivity contribution in [2.24, 2.45) is 0 Å². The van der Waals surface area contributed by atoms with E-state index in [0.717, 1.165) is 12.1 Å². The topological polar surface area (TPSA) is 73.9 Å². The molecule has 0 unspecified atom stereocenters. The lowest BCUT2D eigenvalue weighted by atomic mass is 10.2. The maximum Gasteiger partial charge on any atom is 0.240 e. The quantitative estimate of drug-likeness (QED) is 0.774. The molecule has 0 saturated carbocycles. The average Bonchev–Trinajstić information content (AvgIpc) is 2.61. The van der Waals surface area contributed by atoms with Crippen LogP contribution in [0.15, 0.2) is 41.3 Å². The van der Waals surface area contributed by atoms with Crippen molar-refractivity contribution in [1.82, 2.24) is 4.72 Å². The number of benzene rings is 2. The van der Waals surface area contributed by atoms with E-state index in [2.05, 4.69) is 4.72 Å². The van der Waals surface area contributed by atoms with Gasteiger partial charge in [0, 0.05) is 6.54 Å². The molecule has 6 nitrogen and oxygen atoms in total. The van der Waals surface area contributed by atoms with Crippen LogP contribution in [0.25, 0.3) is 0 Å². The van der Waals surface area contributed by atoms with Gasteiger partial charge in [0.25, 0.3) is 0 Å². The third-order valence-electron chi connectivity index (χ3n) is 3.40. The number of ether oxygens (including phenoxy) is 3. The summed E-state index contributed by atoms with van der Waals surface area (Å²) >= 11 is 0. The molecule has 0 aliphatic heterocycles. The van der Waals surface area contributed by atoms with E-state index in [-0.39, 0.29) is 11.4 Å². The summed E-state index contributed by atoms with van der Waals surface area (Å²) in [6.07, 6.45) is 0. The Balaban J connectivity index is 2.23. The van der Waals surface area contributed by atoms with Gasteiger partial charge >= 0.3 is 0 Å². The first-order chi connectivity index (χ1) is 11.9. The molecule has 0 bridgehead atoms. The predicted octanol–water partition coefficient (Wildman–Crippen LogP) is 2.72. The largest absolute Gasteiger partial charge is 0.493 e. The molecule has 8 heteroatoms. The van der Waals surface area contributed by atoms with E-state index in [4.69, 9.17) is 14.2 Å². The van der Waals surface area contributed by atoms with E-state index in [9.17, 15) is 12.8 Å². The third-order valence-corrected chi connectivity index (χ3v) is 4.82. The van der Waals surface area contributed by atoms with Crippen molar-refractivity contribution in [3.05, 3.63) is 47.8 Å². The highest BCUT2D eigenvalue weighted by Crippen LogP contribution is 2.38. The van der Waals surface area contributed by atoms with Gasteiger partial charge in [0.1, 0.15) is 5.82 Å². The molecule has 2 rings (SSSR count). The third kappa shape index (κ3) is 4.61. The summed E-state index contributed by atoms with van der Waals surface area (Å²) in [4.78, 5) is -0.0150. The number of rotatable bonds is 8. The molecule has 0 aliphatic carbocycles. The van der Waals surface area contributed by atoms with Gasteiger partial charge in [-0.3, -0.25) is 0 Å². The fourth-order valence-corrected chi connectivity index (χ4v) is 3.22. The fourth-order valence-electron chi connectivity index (χ4n) is 2.20. The highest BCUT2D eigenvalue weighted by Gasteiger charge is 2.17. The summed E-state index contributed by atoms with van der Waals surface area (Å²) in [6, 6.07) is 7.93. The Kier molecular flexibility index (Phi) is 6.22. The van der Waals surface area contributed by atoms with Gasteiger partial charge in [0.15, 0.2) is 11.5 Å². The summed E-state index contributed by atoms with van der Waals surface area (Å²) in [7, 11) is -0.785. The molecule has 0 amide bonds. The Morgan fingerprint density at radius 2 is 1.60 bits per heavy atom. The van der Waals surface area contributed by atoms with E-state index < -0.39 is 15.8 Å². The summed E-state index contributed by atoms with van der Waals surface area (Å²) in [5.41, 5.74) is 0.628. The summed E-state index contributed by atoms with van der Waals surface area (Å²) in [5, 5.41) is 0. The molecule has 0 aliphatic rings. The molecule has 0 saturated heterocycles. The van der Waals surface area contributed by atoms with Gasteiger partial charge < -0.3 is 14.2 Å². The van der Waals surface area contributed by atoms with Crippen molar-refractivity contribution in [2.75, 3.05) is 20.8 Å². The van der Waals surface area contributed by atoms with Gasteiger partial charge in [-0.1, -0.05) is 0 Å². The first kappa shape index (κ1) is 19.0. The predicted molar refractivity (Wildman–Crippen MR) is 91.1 cm³/mol. The number of halogens is 1. The molecule has 0 aromatic heterocycles. The van der Waals surface area contributed by atoms with Crippen LogP contribution in [0.3, 0.4) is 0 Å². The lowest BCUT2D eigenvalue weighted by molar-refractivity contribution is 0.288. The van der Waals surface area contributed by atoms with Crippen LogP contribution in [-0.4, -0.2) is 29.2 Å². The Bertz CT molecular complexity index is 796. The number of methoxy groups -OCH3 is 2. The Morgan fingerprint density at radius 1 is 1.04 bits per heavy atom. The van der Waals surface area contributed by atoms with Gasteiger partial charge in [0.2, 0.25) is 15.8 Å². The van der Waals surface area contributed by atoms with Crippen molar-refractivity contribution in [2.45, 2.75) is 18.4 Å². The average molecular weight is 369 g/mol. The van der Waals surface area contributed by atoms with E-state index >= 15 is 0 Å². The van der Waals surface area contributed by atoms with Crippen LogP contribution in [0.2, 0.25) is 0 Å². The molecule has 2 aromatic carbocycles. The van der Waals surface area contributed by atoms with Crippen molar-refractivity contribution in [1.29, 1.82) is 0 Å². The molecule has 1 N–H and O–H groups in total. The molecular formula is C17H20FNO5S. The Hall–Kier alpha value is -2.32. The van der Waals surface area contributed by atoms with Crippen LogP contribution >= 0.6 is 0 Å². The SMILES string of the molecule is CCOc1c(OC)cc(CNS(=O)(=O)c2ccc(F)cc2)cc1OC. The lowest BCUT2D eigenvalue weighted by Gasteiger charge is -2.15. The Labute approximate surface area is 146 Å². The number of sulfonamides is 1. The van der Waals surface area contributed by atoms with Crippen molar-refractivity contribution in [3.8, 4) is 17.2 Å². The molecule has 2 aromatic rings. The van der Waals surface area contributed by atoms with Crippen molar-refractivity contribution >= 4 is 10.0 Å². The van der Waals surface area contributed by atoms with Crippen LogP contribution in [0.1, 0.15) is 12.5 Å². The van der Waals surface area contributed by atoms with Crippen LogP contribution in [0, 0.1) is 5.82 Å². The van der Waals surface area contributed by atoms with Gasteiger partial charge in [-0.25, -0.2) is 17.5 Å². The zero-order valence-corrected chi connectivity index (χ0v) is 15.0. The summed E-state index contributed by atoms with van der Waals surface area (Å²) < 4.78 is 56.0. The van der Waals surface area contributed by atoms with E-state index in [1.165, 1.54) is 26.4 Å². The second-order valence-electron chi connectivity index (χ2n) is 5.04. The summed E-state index contributed by atoms with van der Waals surface area (Å²) in [5.74, 6) is 0.840. The van der Waals surface area contributed by atoms with Crippen LogP contribution < -0.4 is 18.9 Å². The minimum Gasteiger partial charge on any atom is -0.493 e.